The van der Waals surface area contributed by atoms with E-state index < -0.39 is 0 Å². The molecule has 0 unspecified atom stereocenters. The van der Waals surface area contributed by atoms with E-state index in [-0.39, 0.29) is 23.5 Å². The van der Waals surface area contributed by atoms with Crippen LogP contribution in [0.3, 0.4) is 0 Å². The van der Waals surface area contributed by atoms with E-state index in [2.05, 4.69) is 5.32 Å². The average Bonchev–Trinajstić information content (AvgIpc) is 2.69. The number of nitrogens with one attached hydrogen (secondary N) is 2. The van der Waals surface area contributed by atoms with Crippen molar-refractivity contribution in [3.8, 4) is 0 Å². The number of amides is 1. The molecule has 1 fully saturated rings. The minimum atomic E-state index is -0.381. The molecule has 2 N–H and O–H groups in total. The molecule has 3 nitrogen and oxygen atoms in total. The number of quaternary nitrogens is 1. The van der Waals surface area contributed by atoms with E-state index in [9.17, 15) is 9.18 Å². The van der Waals surface area contributed by atoms with Gasteiger partial charge in [0.1, 0.15) is 5.82 Å². The van der Waals surface area contributed by atoms with Gasteiger partial charge < -0.3 is 10.2 Å². The lowest BCUT2D eigenvalue weighted by atomic mass is 10.2. The second-order valence-corrected chi connectivity index (χ2v) is 5.26. The normalized spacial score (nSPS) is 18.6. The Morgan fingerprint density at radius 3 is 2.47 bits per heavy atom. The second kappa shape index (κ2) is 6.66. The molecule has 1 aliphatic heterocycles. The predicted molar refractivity (Wildman–Crippen MR) is 73.7 cm³/mol. The Bertz CT molecular complexity index is 428. The summed E-state index contributed by atoms with van der Waals surface area (Å²) in [6, 6.07) is 6.17. The fourth-order valence-corrected chi connectivity index (χ4v) is 2.60. The first-order chi connectivity index (χ1) is 9.18. The minimum absolute atomic E-state index is 0.0954. The Hall–Kier alpha value is -1.42. The van der Waals surface area contributed by atoms with Crippen LogP contribution in [-0.4, -0.2) is 25.0 Å². The minimum Gasteiger partial charge on any atom is -0.325 e. The van der Waals surface area contributed by atoms with Crippen LogP contribution < -0.4 is 10.2 Å². The summed E-state index contributed by atoms with van der Waals surface area (Å²) in [6.45, 7) is 3.99. The molecule has 0 aliphatic carbocycles. The number of anilines is 1. The maximum Gasteiger partial charge on any atom is 0.282 e. The summed E-state index contributed by atoms with van der Waals surface area (Å²) < 4.78 is 13.5. The van der Waals surface area contributed by atoms with Crippen LogP contribution in [0.1, 0.15) is 32.6 Å². The van der Waals surface area contributed by atoms with Crippen molar-refractivity contribution in [1.82, 2.24) is 0 Å². The van der Waals surface area contributed by atoms with Crippen LogP contribution in [0.25, 0.3) is 0 Å². The van der Waals surface area contributed by atoms with E-state index in [4.69, 9.17) is 0 Å². The molecule has 1 aromatic rings. The summed E-state index contributed by atoms with van der Waals surface area (Å²) in [4.78, 5) is 13.5. The molecule has 1 amide bonds. The number of halogens is 1. The van der Waals surface area contributed by atoms with Crippen molar-refractivity contribution in [2.24, 2.45) is 0 Å². The molecule has 2 rings (SSSR count). The summed E-state index contributed by atoms with van der Waals surface area (Å²) in [5, 5.41) is 2.69. The van der Waals surface area contributed by atoms with Crippen LogP contribution in [0, 0.1) is 5.82 Å². The molecule has 1 atom stereocenters. The number of carbonyl (C=O) groups excluding carboxylic acids is 1. The highest BCUT2D eigenvalue weighted by molar-refractivity contribution is 5.93. The summed E-state index contributed by atoms with van der Waals surface area (Å²) in [7, 11) is 0. The third kappa shape index (κ3) is 3.77. The van der Waals surface area contributed by atoms with E-state index in [0.717, 1.165) is 13.1 Å². The van der Waals surface area contributed by atoms with E-state index in [1.54, 1.807) is 18.2 Å². The fourth-order valence-electron chi connectivity index (χ4n) is 2.60. The maximum atomic E-state index is 13.5. The SMILES string of the molecule is C[C@H](C(=O)Nc1ccccc1F)[NH+]1CCCCCC1. The number of carbonyl (C=O) groups is 1. The molecule has 0 aromatic heterocycles. The number of likely N-dealkylation sites (tertiary alicyclic amines) is 1. The number of hydrogen-bond donors (Lipinski definition) is 2. The Morgan fingerprint density at radius 2 is 1.84 bits per heavy atom. The van der Waals surface area contributed by atoms with Crippen LogP contribution >= 0.6 is 0 Å². The second-order valence-electron chi connectivity index (χ2n) is 5.26. The summed E-state index contributed by atoms with van der Waals surface area (Å²) in [5.41, 5.74) is 0.272. The van der Waals surface area contributed by atoms with Crippen LogP contribution in [-0.2, 0) is 4.79 Å². The van der Waals surface area contributed by atoms with Gasteiger partial charge in [-0.15, -0.1) is 0 Å². The topological polar surface area (TPSA) is 33.5 Å². The Balaban J connectivity index is 1.97. The monoisotopic (exact) mass is 265 g/mol. The van der Waals surface area contributed by atoms with Crippen LogP contribution in [0.4, 0.5) is 10.1 Å². The number of hydrogen-bond acceptors (Lipinski definition) is 1. The van der Waals surface area contributed by atoms with E-state index in [1.807, 2.05) is 6.92 Å². The van der Waals surface area contributed by atoms with Gasteiger partial charge in [-0.2, -0.15) is 0 Å². The van der Waals surface area contributed by atoms with Crippen LogP contribution in [0.2, 0.25) is 0 Å². The summed E-state index contributed by atoms with van der Waals surface area (Å²) in [6.07, 6.45) is 4.86. The highest BCUT2D eigenvalue weighted by Crippen LogP contribution is 2.12. The van der Waals surface area contributed by atoms with Crippen molar-refractivity contribution in [2.75, 3.05) is 18.4 Å². The van der Waals surface area contributed by atoms with Gasteiger partial charge in [-0.3, -0.25) is 4.79 Å². The third-order valence-electron chi connectivity index (χ3n) is 3.88. The molecule has 1 saturated heterocycles. The van der Waals surface area contributed by atoms with E-state index in [1.165, 1.54) is 36.6 Å². The van der Waals surface area contributed by atoms with Gasteiger partial charge in [0.2, 0.25) is 0 Å². The molecule has 0 saturated carbocycles. The van der Waals surface area contributed by atoms with Gasteiger partial charge >= 0.3 is 0 Å². The molecule has 4 heteroatoms. The van der Waals surface area contributed by atoms with Crippen molar-refractivity contribution in [3.63, 3.8) is 0 Å². The molecular weight excluding hydrogens is 243 g/mol. The average molecular weight is 265 g/mol. The van der Waals surface area contributed by atoms with Crippen molar-refractivity contribution in [3.05, 3.63) is 30.1 Å². The van der Waals surface area contributed by atoms with E-state index >= 15 is 0 Å². The Kier molecular flexibility index (Phi) is 4.91. The molecule has 0 spiro atoms. The lowest BCUT2D eigenvalue weighted by Crippen LogP contribution is -3.16. The molecule has 19 heavy (non-hydrogen) atoms. The van der Waals surface area contributed by atoms with Crippen LogP contribution in [0.15, 0.2) is 24.3 Å². The van der Waals surface area contributed by atoms with Crippen molar-refractivity contribution in [2.45, 2.75) is 38.6 Å². The first kappa shape index (κ1) is 14.0. The standard InChI is InChI=1S/C15H21FN2O/c1-12(18-10-6-2-3-7-11-18)15(19)17-14-9-5-4-8-13(14)16/h4-5,8-9,12H,2-3,6-7,10-11H2,1H3,(H,17,19)/p+1/t12-/m1/s1. The number of para-hydroxylation sites is 1. The zero-order valence-corrected chi connectivity index (χ0v) is 11.4. The Labute approximate surface area is 113 Å². The molecule has 1 heterocycles. The highest BCUT2D eigenvalue weighted by atomic mass is 19.1. The predicted octanol–water partition coefficient (Wildman–Crippen LogP) is 1.61. The first-order valence-electron chi connectivity index (χ1n) is 7.08. The van der Waals surface area contributed by atoms with Gasteiger partial charge in [0.05, 0.1) is 18.8 Å². The smallest absolute Gasteiger partial charge is 0.282 e. The highest BCUT2D eigenvalue weighted by Gasteiger charge is 2.26. The third-order valence-corrected chi connectivity index (χ3v) is 3.88. The van der Waals surface area contributed by atoms with Crippen molar-refractivity contribution < 1.29 is 14.1 Å². The lowest BCUT2D eigenvalue weighted by Gasteiger charge is -2.23. The molecule has 1 aromatic carbocycles. The van der Waals surface area contributed by atoms with E-state index in [0.29, 0.717) is 0 Å². The molecule has 0 bridgehead atoms. The molecule has 104 valence electrons. The zero-order valence-electron chi connectivity index (χ0n) is 11.4. The Morgan fingerprint density at radius 1 is 1.21 bits per heavy atom. The number of benzene rings is 1. The first-order valence-corrected chi connectivity index (χ1v) is 7.08. The maximum absolute atomic E-state index is 13.5. The van der Waals surface area contributed by atoms with Gasteiger partial charge in [-0.1, -0.05) is 12.1 Å². The van der Waals surface area contributed by atoms with Crippen molar-refractivity contribution >= 4 is 11.6 Å². The van der Waals surface area contributed by atoms with Gasteiger partial charge in [-0.25, -0.2) is 4.39 Å². The quantitative estimate of drug-likeness (QED) is 0.855. The van der Waals surface area contributed by atoms with Gasteiger partial charge in [0.15, 0.2) is 6.04 Å². The van der Waals surface area contributed by atoms with Gasteiger partial charge in [0.25, 0.3) is 5.91 Å². The summed E-state index contributed by atoms with van der Waals surface area (Å²) >= 11 is 0. The fraction of sp³-hybridized carbons (Fsp3) is 0.533. The molecular formula is C15H22FN2O+. The van der Waals surface area contributed by atoms with Gasteiger partial charge in [-0.05, 0) is 44.7 Å². The largest absolute Gasteiger partial charge is 0.325 e. The van der Waals surface area contributed by atoms with Crippen molar-refractivity contribution in [1.29, 1.82) is 0 Å². The molecule has 0 radical (unpaired) electrons. The van der Waals surface area contributed by atoms with Gasteiger partial charge in [0, 0.05) is 0 Å². The molecule has 1 aliphatic rings. The van der Waals surface area contributed by atoms with Crippen LogP contribution in [0.5, 0.6) is 0 Å². The lowest BCUT2D eigenvalue weighted by molar-refractivity contribution is -0.913. The number of rotatable bonds is 3. The zero-order chi connectivity index (χ0) is 13.7. The summed E-state index contributed by atoms with van der Waals surface area (Å²) in [5.74, 6) is -0.476.